The van der Waals surface area contributed by atoms with E-state index in [2.05, 4.69) is 4.99 Å². The number of aromatic carboxylic acids is 1. The second kappa shape index (κ2) is 10.8. The van der Waals surface area contributed by atoms with Gasteiger partial charge in [-0.15, -0.1) is 0 Å². The highest BCUT2D eigenvalue weighted by Crippen LogP contribution is 2.39. The lowest BCUT2D eigenvalue weighted by Gasteiger charge is -2.13. The Morgan fingerprint density at radius 2 is 1.94 bits per heavy atom. The van der Waals surface area contributed by atoms with Crippen LogP contribution in [-0.2, 0) is 11.4 Å². The number of ether oxygens (including phenoxy) is 2. The number of amidine groups is 1. The van der Waals surface area contributed by atoms with Crippen LogP contribution in [0.3, 0.4) is 0 Å². The number of carboxylic acids is 1. The largest absolute Gasteiger partial charge is 0.493 e. The molecule has 7 nitrogen and oxygen atoms in total. The number of likely N-dealkylation sites (N-methyl/N-ethyl adjacent to an activating group) is 1. The fourth-order valence-electron chi connectivity index (χ4n) is 3.32. The minimum atomic E-state index is -1.06. The molecule has 4 rings (SSSR count). The van der Waals surface area contributed by atoms with Crippen LogP contribution >= 0.6 is 23.4 Å². The highest BCUT2D eigenvalue weighted by molar-refractivity contribution is 8.18. The molecule has 0 saturated carbocycles. The number of carbonyl (C=O) groups excluding carboxylic acids is 1. The number of halogens is 2. The van der Waals surface area contributed by atoms with Crippen LogP contribution in [0.5, 0.6) is 11.5 Å². The Bertz CT molecular complexity index is 1390. The molecular formula is C26H20ClFN2O5S. The minimum Gasteiger partial charge on any atom is -0.493 e. The quantitative estimate of drug-likeness (QED) is 0.380. The van der Waals surface area contributed by atoms with Crippen LogP contribution in [0.15, 0.2) is 70.6 Å². The molecule has 0 aromatic heterocycles. The number of amides is 1. The van der Waals surface area contributed by atoms with E-state index in [1.165, 1.54) is 36.3 Å². The third-order valence-corrected chi connectivity index (χ3v) is 6.51. The topological polar surface area (TPSA) is 88.4 Å². The Morgan fingerprint density at radius 1 is 1.19 bits per heavy atom. The maximum atomic E-state index is 13.1. The predicted octanol–water partition coefficient (Wildman–Crippen LogP) is 6.00. The van der Waals surface area contributed by atoms with Crippen molar-refractivity contribution in [3.63, 3.8) is 0 Å². The summed E-state index contributed by atoms with van der Waals surface area (Å²) in [7, 11) is 3.07. The first-order chi connectivity index (χ1) is 17.2. The third-order valence-electron chi connectivity index (χ3n) is 5.17. The molecule has 36 heavy (non-hydrogen) atoms. The highest BCUT2D eigenvalue weighted by Gasteiger charge is 2.30. The molecular weight excluding hydrogens is 507 g/mol. The van der Waals surface area contributed by atoms with Gasteiger partial charge in [0.25, 0.3) is 5.91 Å². The van der Waals surface area contributed by atoms with E-state index in [4.69, 9.17) is 21.1 Å². The van der Waals surface area contributed by atoms with Gasteiger partial charge in [-0.3, -0.25) is 9.69 Å². The molecule has 1 fully saturated rings. The molecule has 0 spiro atoms. The number of carbonyl (C=O) groups is 2. The van der Waals surface area contributed by atoms with Crippen molar-refractivity contribution in [1.29, 1.82) is 0 Å². The molecule has 0 bridgehead atoms. The van der Waals surface area contributed by atoms with Crippen molar-refractivity contribution >= 4 is 52.2 Å². The molecule has 1 N–H and O–H groups in total. The van der Waals surface area contributed by atoms with E-state index in [1.807, 2.05) is 0 Å². The number of aliphatic imine (C=N–C) groups is 1. The van der Waals surface area contributed by atoms with E-state index in [0.29, 0.717) is 32.8 Å². The first-order valence-electron chi connectivity index (χ1n) is 10.6. The van der Waals surface area contributed by atoms with Crippen molar-refractivity contribution in [2.45, 2.75) is 6.61 Å². The van der Waals surface area contributed by atoms with Crippen molar-refractivity contribution in [2.24, 2.45) is 4.99 Å². The van der Waals surface area contributed by atoms with Crippen LogP contribution in [0.25, 0.3) is 6.08 Å². The smallest absolute Gasteiger partial charge is 0.335 e. The Morgan fingerprint density at radius 3 is 2.64 bits per heavy atom. The molecule has 0 aliphatic carbocycles. The summed E-state index contributed by atoms with van der Waals surface area (Å²) in [6.45, 7) is 0.166. The molecule has 184 valence electrons. The Hall–Kier alpha value is -3.82. The van der Waals surface area contributed by atoms with Crippen LogP contribution in [0, 0.1) is 5.82 Å². The summed E-state index contributed by atoms with van der Waals surface area (Å²) in [5.41, 5.74) is 1.90. The first-order valence-corrected chi connectivity index (χ1v) is 11.8. The molecule has 0 atom stereocenters. The molecule has 1 heterocycles. The predicted molar refractivity (Wildman–Crippen MR) is 138 cm³/mol. The Kier molecular flexibility index (Phi) is 7.61. The average molecular weight is 527 g/mol. The maximum Gasteiger partial charge on any atom is 0.335 e. The van der Waals surface area contributed by atoms with Gasteiger partial charge in [-0.05, 0) is 71.4 Å². The van der Waals surface area contributed by atoms with Gasteiger partial charge < -0.3 is 14.6 Å². The van der Waals surface area contributed by atoms with Gasteiger partial charge in [-0.25, -0.2) is 14.2 Å². The zero-order valence-electron chi connectivity index (χ0n) is 19.2. The van der Waals surface area contributed by atoms with Crippen molar-refractivity contribution in [2.75, 3.05) is 14.2 Å². The van der Waals surface area contributed by atoms with Crippen molar-refractivity contribution in [3.8, 4) is 11.5 Å². The number of hydrogen-bond donors (Lipinski definition) is 1. The number of nitrogens with zero attached hydrogens (tertiary/aromatic N) is 2. The summed E-state index contributed by atoms with van der Waals surface area (Å²) in [4.78, 5) is 30.3. The Labute approximate surface area is 215 Å². The van der Waals surface area contributed by atoms with E-state index in [0.717, 1.165) is 17.3 Å². The number of carboxylic acid groups (broad SMARTS) is 1. The molecule has 3 aromatic rings. The first kappa shape index (κ1) is 25.3. The van der Waals surface area contributed by atoms with Gasteiger partial charge in [-0.1, -0.05) is 29.8 Å². The van der Waals surface area contributed by atoms with E-state index in [9.17, 15) is 19.1 Å². The molecule has 1 amide bonds. The van der Waals surface area contributed by atoms with Crippen molar-refractivity contribution < 1.29 is 28.6 Å². The van der Waals surface area contributed by atoms with Crippen molar-refractivity contribution in [1.82, 2.24) is 4.90 Å². The van der Waals surface area contributed by atoms with Gasteiger partial charge in [0, 0.05) is 7.05 Å². The van der Waals surface area contributed by atoms with Gasteiger partial charge in [0.2, 0.25) is 0 Å². The number of thioether (sulfide) groups is 1. The fraction of sp³-hybridized carbons (Fsp3) is 0.115. The number of hydrogen-bond acceptors (Lipinski definition) is 6. The molecule has 10 heteroatoms. The molecule has 1 saturated heterocycles. The summed E-state index contributed by atoms with van der Waals surface area (Å²) >= 11 is 7.62. The fourth-order valence-corrected chi connectivity index (χ4v) is 4.58. The standard InChI is InChI=1S/C26H20ClFN2O5S/c1-30-24(31)22(36-26(30)29-19-5-3-4-17(13-19)25(32)33)12-16-10-20(27)23(21(11-16)34-2)35-14-15-6-8-18(28)9-7-15/h3-13H,14H2,1-2H3,(H,32,33). The van der Waals surface area contributed by atoms with Crippen LogP contribution in [-0.4, -0.2) is 41.2 Å². The number of methoxy groups -OCH3 is 1. The highest BCUT2D eigenvalue weighted by atomic mass is 35.5. The Balaban J connectivity index is 1.57. The second-order valence-corrected chi connectivity index (χ2v) is 9.09. The third kappa shape index (κ3) is 5.69. The lowest BCUT2D eigenvalue weighted by molar-refractivity contribution is -0.121. The minimum absolute atomic E-state index is 0.105. The van der Waals surface area contributed by atoms with Crippen LogP contribution in [0.2, 0.25) is 5.02 Å². The lowest BCUT2D eigenvalue weighted by atomic mass is 10.1. The second-order valence-electron chi connectivity index (χ2n) is 7.67. The summed E-state index contributed by atoms with van der Waals surface area (Å²) < 4.78 is 24.4. The average Bonchev–Trinajstić information content (AvgIpc) is 3.11. The molecule has 1 aliphatic rings. The summed E-state index contributed by atoms with van der Waals surface area (Å²) in [5, 5.41) is 9.88. The zero-order chi connectivity index (χ0) is 25.8. The maximum absolute atomic E-state index is 13.1. The SMILES string of the molecule is COc1cc(C=C2SC(=Nc3cccc(C(=O)O)c3)N(C)C2=O)cc(Cl)c1OCc1ccc(F)cc1. The molecule has 1 aliphatic heterocycles. The van der Waals surface area contributed by atoms with E-state index < -0.39 is 5.97 Å². The van der Waals surface area contributed by atoms with Gasteiger partial charge in [-0.2, -0.15) is 0 Å². The number of benzene rings is 3. The van der Waals surface area contributed by atoms with Crippen LogP contribution in [0.4, 0.5) is 10.1 Å². The summed E-state index contributed by atoms with van der Waals surface area (Å²) in [6.07, 6.45) is 1.66. The van der Waals surface area contributed by atoms with E-state index >= 15 is 0 Å². The van der Waals surface area contributed by atoms with Gasteiger partial charge >= 0.3 is 5.97 Å². The van der Waals surface area contributed by atoms with Crippen LogP contribution < -0.4 is 9.47 Å². The zero-order valence-corrected chi connectivity index (χ0v) is 20.8. The molecule has 0 unspecified atom stereocenters. The van der Waals surface area contributed by atoms with Crippen LogP contribution in [0.1, 0.15) is 21.5 Å². The van der Waals surface area contributed by atoms with Gasteiger partial charge in [0.1, 0.15) is 12.4 Å². The van der Waals surface area contributed by atoms with E-state index in [1.54, 1.807) is 49.5 Å². The molecule has 3 aromatic carbocycles. The summed E-state index contributed by atoms with van der Waals surface area (Å²) in [5.74, 6) is -0.955. The van der Waals surface area contributed by atoms with Gasteiger partial charge in [0.05, 0.1) is 28.3 Å². The normalized spacial score (nSPS) is 15.6. The number of rotatable bonds is 7. The summed E-state index contributed by atoms with van der Waals surface area (Å²) in [6, 6.07) is 15.4. The van der Waals surface area contributed by atoms with E-state index in [-0.39, 0.29) is 28.9 Å². The van der Waals surface area contributed by atoms with Crippen molar-refractivity contribution in [3.05, 3.63) is 93.1 Å². The monoisotopic (exact) mass is 526 g/mol. The molecule has 0 radical (unpaired) electrons. The van der Waals surface area contributed by atoms with Gasteiger partial charge in [0.15, 0.2) is 16.7 Å². The lowest BCUT2D eigenvalue weighted by Crippen LogP contribution is -2.23.